The van der Waals surface area contributed by atoms with Gasteiger partial charge in [-0.3, -0.25) is 14.4 Å². The van der Waals surface area contributed by atoms with Crippen molar-refractivity contribution in [3.63, 3.8) is 0 Å². The van der Waals surface area contributed by atoms with Crippen molar-refractivity contribution in [3.05, 3.63) is 0 Å². The fourth-order valence-corrected chi connectivity index (χ4v) is 1.54. The van der Waals surface area contributed by atoms with Crippen molar-refractivity contribution in [2.45, 2.75) is 32.9 Å². The maximum absolute atomic E-state index is 13.1. The van der Waals surface area contributed by atoms with E-state index < -0.39 is 42.0 Å². The van der Waals surface area contributed by atoms with Crippen molar-refractivity contribution in [2.24, 2.45) is 5.41 Å². The van der Waals surface area contributed by atoms with Gasteiger partial charge in [0.25, 0.3) is 0 Å². The molecular weight excluding hydrogens is 203 g/mol. The minimum absolute atomic E-state index is 0.132. The lowest BCUT2D eigenvalue weighted by Crippen LogP contribution is -2.47. The lowest BCUT2D eigenvalue weighted by atomic mass is 9.73. The molecule has 0 aromatic rings. The quantitative estimate of drug-likeness (QED) is 0.506. The van der Waals surface area contributed by atoms with Crippen molar-refractivity contribution in [1.29, 1.82) is 0 Å². The van der Waals surface area contributed by atoms with E-state index in [9.17, 15) is 18.8 Å². The Labute approximate surface area is 86.8 Å². The SMILES string of the molecule is CCOC(=O)C1(C)CC(F)C(=O)CC1=O. The first-order chi connectivity index (χ1) is 6.91. The molecule has 2 atom stereocenters. The Morgan fingerprint density at radius 2 is 2.20 bits per heavy atom. The highest BCUT2D eigenvalue weighted by Crippen LogP contribution is 2.34. The second-order valence-electron chi connectivity index (χ2n) is 3.79. The Morgan fingerprint density at radius 3 is 2.73 bits per heavy atom. The molecule has 84 valence electrons. The third-order valence-corrected chi connectivity index (χ3v) is 2.61. The molecule has 0 radical (unpaired) electrons. The average Bonchev–Trinajstić information content (AvgIpc) is 2.15. The van der Waals surface area contributed by atoms with E-state index in [4.69, 9.17) is 4.74 Å². The van der Waals surface area contributed by atoms with Gasteiger partial charge in [0.2, 0.25) is 0 Å². The standard InChI is InChI=1S/C10H13FO4/c1-3-15-9(14)10(2)5-6(11)7(12)4-8(10)13/h6H,3-5H2,1-2H3. The van der Waals surface area contributed by atoms with E-state index in [-0.39, 0.29) is 6.61 Å². The minimum Gasteiger partial charge on any atom is -0.465 e. The molecule has 2 unspecified atom stereocenters. The smallest absolute Gasteiger partial charge is 0.319 e. The second kappa shape index (κ2) is 4.08. The van der Waals surface area contributed by atoms with Crippen LogP contribution in [-0.4, -0.2) is 30.3 Å². The zero-order chi connectivity index (χ0) is 11.6. The van der Waals surface area contributed by atoms with Crippen LogP contribution in [0.1, 0.15) is 26.7 Å². The van der Waals surface area contributed by atoms with E-state index in [0.717, 1.165) is 0 Å². The third-order valence-electron chi connectivity index (χ3n) is 2.61. The van der Waals surface area contributed by atoms with E-state index in [0.29, 0.717) is 0 Å². The number of alkyl halides is 1. The van der Waals surface area contributed by atoms with Gasteiger partial charge in [-0.15, -0.1) is 0 Å². The summed E-state index contributed by atoms with van der Waals surface area (Å²) in [6.07, 6.45) is -2.66. The summed E-state index contributed by atoms with van der Waals surface area (Å²) >= 11 is 0. The van der Waals surface area contributed by atoms with Gasteiger partial charge >= 0.3 is 5.97 Å². The summed E-state index contributed by atoms with van der Waals surface area (Å²) in [6.45, 7) is 3.06. The summed E-state index contributed by atoms with van der Waals surface area (Å²) in [7, 11) is 0. The zero-order valence-electron chi connectivity index (χ0n) is 8.71. The molecular formula is C10H13FO4. The van der Waals surface area contributed by atoms with Crippen molar-refractivity contribution in [3.8, 4) is 0 Å². The van der Waals surface area contributed by atoms with Gasteiger partial charge in [0, 0.05) is 6.42 Å². The normalized spacial score (nSPS) is 31.5. The summed E-state index contributed by atoms with van der Waals surface area (Å²) in [5, 5.41) is 0. The fraction of sp³-hybridized carbons (Fsp3) is 0.700. The molecule has 0 aromatic heterocycles. The van der Waals surface area contributed by atoms with Gasteiger partial charge in [0.1, 0.15) is 5.41 Å². The molecule has 15 heavy (non-hydrogen) atoms. The lowest BCUT2D eigenvalue weighted by molar-refractivity contribution is -0.163. The number of ether oxygens (including phenoxy) is 1. The average molecular weight is 216 g/mol. The maximum Gasteiger partial charge on any atom is 0.319 e. The first-order valence-corrected chi connectivity index (χ1v) is 4.79. The van der Waals surface area contributed by atoms with E-state index in [2.05, 4.69) is 0 Å². The third kappa shape index (κ3) is 2.06. The fourth-order valence-electron chi connectivity index (χ4n) is 1.54. The largest absolute Gasteiger partial charge is 0.465 e. The molecule has 0 spiro atoms. The summed E-state index contributed by atoms with van der Waals surface area (Å²) in [4.78, 5) is 33.9. The highest BCUT2D eigenvalue weighted by atomic mass is 19.1. The lowest BCUT2D eigenvalue weighted by Gasteiger charge is -2.30. The van der Waals surface area contributed by atoms with Gasteiger partial charge in [0.05, 0.1) is 13.0 Å². The van der Waals surface area contributed by atoms with Crippen LogP contribution in [0.3, 0.4) is 0 Å². The number of carbonyl (C=O) groups is 3. The van der Waals surface area contributed by atoms with E-state index >= 15 is 0 Å². The summed E-state index contributed by atoms with van der Waals surface area (Å²) in [5.41, 5.74) is -1.50. The molecule has 0 saturated heterocycles. The van der Waals surface area contributed by atoms with Gasteiger partial charge in [-0.1, -0.05) is 0 Å². The van der Waals surface area contributed by atoms with E-state index in [1.54, 1.807) is 6.92 Å². The van der Waals surface area contributed by atoms with Crippen LogP contribution in [-0.2, 0) is 19.1 Å². The number of esters is 1. The maximum atomic E-state index is 13.1. The topological polar surface area (TPSA) is 60.4 Å². The van der Waals surface area contributed by atoms with Crippen molar-refractivity contribution in [2.75, 3.05) is 6.61 Å². The highest BCUT2D eigenvalue weighted by Gasteiger charge is 2.50. The summed E-state index contributed by atoms with van der Waals surface area (Å²) < 4.78 is 17.8. The Bertz CT molecular complexity index is 313. The molecule has 0 N–H and O–H groups in total. The molecule has 4 nitrogen and oxygen atoms in total. The van der Waals surface area contributed by atoms with Crippen LogP contribution >= 0.6 is 0 Å². The Kier molecular flexibility index (Phi) is 3.21. The monoisotopic (exact) mass is 216 g/mol. The van der Waals surface area contributed by atoms with Gasteiger partial charge in [-0.05, 0) is 13.8 Å². The molecule has 0 aliphatic heterocycles. The number of ketones is 2. The second-order valence-corrected chi connectivity index (χ2v) is 3.79. The van der Waals surface area contributed by atoms with Crippen LogP contribution in [0.5, 0.6) is 0 Å². The van der Waals surface area contributed by atoms with Crippen molar-refractivity contribution < 1.29 is 23.5 Å². The molecule has 1 saturated carbocycles. The van der Waals surface area contributed by atoms with Gasteiger partial charge in [-0.2, -0.15) is 0 Å². The highest BCUT2D eigenvalue weighted by molar-refractivity contribution is 6.14. The predicted octanol–water partition coefficient (Wildman–Crippen LogP) is 0.826. The first kappa shape index (κ1) is 11.8. The van der Waals surface area contributed by atoms with Crippen LogP contribution < -0.4 is 0 Å². The van der Waals surface area contributed by atoms with E-state index in [1.165, 1.54) is 6.92 Å². The summed E-state index contributed by atoms with van der Waals surface area (Å²) in [6, 6.07) is 0. The zero-order valence-corrected chi connectivity index (χ0v) is 8.71. The molecule has 0 amide bonds. The number of Topliss-reactive ketones (excluding diaryl/α,β-unsaturated/α-hetero) is 2. The molecule has 0 heterocycles. The van der Waals surface area contributed by atoms with Crippen molar-refractivity contribution in [1.82, 2.24) is 0 Å². The van der Waals surface area contributed by atoms with Crippen LogP contribution in [0.15, 0.2) is 0 Å². The molecule has 1 aliphatic carbocycles. The number of carbonyl (C=O) groups excluding carboxylic acids is 3. The van der Waals surface area contributed by atoms with Crippen LogP contribution in [0.2, 0.25) is 0 Å². The number of halogens is 1. The van der Waals surface area contributed by atoms with Crippen LogP contribution in [0.4, 0.5) is 4.39 Å². The first-order valence-electron chi connectivity index (χ1n) is 4.79. The van der Waals surface area contributed by atoms with Gasteiger partial charge in [0.15, 0.2) is 17.7 Å². The number of hydrogen-bond acceptors (Lipinski definition) is 4. The van der Waals surface area contributed by atoms with Gasteiger partial charge in [-0.25, -0.2) is 4.39 Å². The number of rotatable bonds is 2. The van der Waals surface area contributed by atoms with E-state index in [1.807, 2.05) is 0 Å². The molecule has 0 bridgehead atoms. The number of hydrogen-bond donors (Lipinski definition) is 0. The molecule has 1 rings (SSSR count). The molecule has 1 fully saturated rings. The van der Waals surface area contributed by atoms with Crippen LogP contribution in [0.25, 0.3) is 0 Å². The minimum atomic E-state index is -1.74. The molecule has 0 aromatic carbocycles. The van der Waals surface area contributed by atoms with Crippen LogP contribution in [0, 0.1) is 5.41 Å². The van der Waals surface area contributed by atoms with Gasteiger partial charge < -0.3 is 4.74 Å². The molecule has 1 aliphatic rings. The summed E-state index contributed by atoms with van der Waals surface area (Å²) in [5.74, 6) is -2.05. The van der Waals surface area contributed by atoms with Crippen molar-refractivity contribution >= 4 is 17.5 Å². The Hall–Kier alpha value is -1.26. The molecule has 5 heteroatoms. The predicted molar refractivity (Wildman–Crippen MR) is 48.9 cm³/mol. The Morgan fingerprint density at radius 1 is 1.60 bits per heavy atom. The Balaban J connectivity index is 2.87.